The Bertz CT molecular complexity index is 171. The summed E-state index contributed by atoms with van der Waals surface area (Å²) in [4.78, 5) is 11.2. The number of carbonyl (C=O) groups excluding carboxylic acids is 1. The zero-order valence-corrected chi connectivity index (χ0v) is 9.95. The van der Waals surface area contributed by atoms with Gasteiger partial charge >= 0.3 is 0 Å². The van der Waals surface area contributed by atoms with E-state index in [1.165, 1.54) is 0 Å². The molecule has 0 rings (SSSR count). The maximum Gasteiger partial charge on any atom is 0.222 e. The van der Waals surface area contributed by atoms with Crippen molar-refractivity contribution in [2.45, 2.75) is 39.7 Å². The van der Waals surface area contributed by atoms with Crippen LogP contribution in [0, 0.1) is 5.92 Å². The Morgan fingerprint density at radius 2 is 2.13 bits per heavy atom. The van der Waals surface area contributed by atoms with Gasteiger partial charge in [0.25, 0.3) is 0 Å². The van der Waals surface area contributed by atoms with Crippen LogP contribution >= 0.6 is 0 Å². The molecule has 1 atom stereocenters. The standard InChI is InChI=1S/C11H23NO3/c1-4-15-6-5-11(14)12-8-10(13)7-9(2)3/h9-10,13H,4-8H2,1-3H3,(H,12,14). The molecule has 0 aromatic heterocycles. The molecule has 0 aliphatic carbocycles. The predicted molar refractivity (Wildman–Crippen MR) is 59.6 cm³/mol. The van der Waals surface area contributed by atoms with Gasteiger partial charge in [-0.05, 0) is 19.3 Å². The molecule has 4 heteroatoms. The molecular formula is C11H23NO3. The van der Waals surface area contributed by atoms with Crippen molar-refractivity contribution in [1.82, 2.24) is 5.32 Å². The summed E-state index contributed by atoms with van der Waals surface area (Å²) in [6.07, 6.45) is 0.634. The van der Waals surface area contributed by atoms with Crippen molar-refractivity contribution in [3.8, 4) is 0 Å². The molecule has 0 radical (unpaired) electrons. The first kappa shape index (κ1) is 14.4. The lowest BCUT2D eigenvalue weighted by atomic mass is 10.1. The van der Waals surface area contributed by atoms with Gasteiger partial charge in [0.15, 0.2) is 0 Å². The average Bonchev–Trinajstić information content (AvgIpc) is 2.14. The van der Waals surface area contributed by atoms with Crippen LogP contribution in [0.5, 0.6) is 0 Å². The van der Waals surface area contributed by atoms with E-state index < -0.39 is 6.10 Å². The first-order valence-electron chi connectivity index (χ1n) is 5.58. The highest BCUT2D eigenvalue weighted by Gasteiger charge is 2.08. The summed E-state index contributed by atoms with van der Waals surface area (Å²) < 4.78 is 5.05. The number of ether oxygens (including phenoxy) is 1. The van der Waals surface area contributed by atoms with E-state index in [4.69, 9.17) is 4.74 Å². The van der Waals surface area contributed by atoms with Gasteiger partial charge < -0.3 is 15.2 Å². The van der Waals surface area contributed by atoms with Crippen molar-refractivity contribution >= 4 is 5.91 Å². The SMILES string of the molecule is CCOCCC(=O)NCC(O)CC(C)C. The smallest absolute Gasteiger partial charge is 0.222 e. The number of carbonyl (C=O) groups is 1. The van der Waals surface area contributed by atoms with Crippen molar-refractivity contribution in [2.24, 2.45) is 5.92 Å². The zero-order chi connectivity index (χ0) is 11.7. The molecule has 0 aliphatic heterocycles. The second-order valence-corrected chi connectivity index (χ2v) is 4.03. The molecule has 0 aromatic rings. The molecule has 2 N–H and O–H groups in total. The highest BCUT2D eigenvalue weighted by molar-refractivity contribution is 5.75. The molecule has 0 saturated heterocycles. The van der Waals surface area contributed by atoms with E-state index in [0.717, 1.165) is 0 Å². The summed E-state index contributed by atoms with van der Waals surface area (Å²) >= 11 is 0. The second-order valence-electron chi connectivity index (χ2n) is 4.03. The summed E-state index contributed by atoms with van der Waals surface area (Å²) in [6, 6.07) is 0. The Kier molecular flexibility index (Phi) is 8.33. The third-order valence-electron chi connectivity index (χ3n) is 1.96. The van der Waals surface area contributed by atoms with Crippen LogP contribution in [0.3, 0.4) is 0 Å². The number of rotatable bonds is 8. The van der Waals surface area contributed by atoms with E-state index in [1.54, 1.807) is 0 Å². The molecule has 0 bridgehead atoms. The van der Waals surface area contributed by atoms with E-state index in [1.807, 2.05) is 20.8 Å². The summed E-state index contributed by atoms with van der Waals surface area (Å²) in [5, 5.41) is 12.2. The second kappa shape index (κ2) is 8.68. The van der Waals surface area contributed by atoms with E-state index in [-0.39, 0.29) is 5.91 Å². The highest BCUT2D eigenvalue weighted by Crippen LogP contribution is 2.03. The van der Waals surface area contributed by atoms with E-state index in [9.17, 15) is 9.90 Å². The van der Waals surface area contributed by atoms with Crippen molar-refractivity contribution in [1.29, 1.82) is 0 Å². The largest absolute Gasteiger partial charge is 0.391 e. The Morgan fingerprint density at radius 3 is 2.67 bits per heavy atom. The Labute approximate surface area is 92.0 Å². The van der Waals surface area contributed by atoms with Crippen LogP contribution in [0.4, 0.5) is 0 Å². The minimum absolute atomic E-state index is 0.0637. The lowest BCUT2D eigenvalue weighted by Crippen LogP contribution is -2.33. The van der Waals surface area contributed by atoms with Crippen molar-refractivity contribution < 1.29 is 14.6 Å². The summed E-state index contributed by atoms with van der Waals surface area (Å²) in [6.45, 7) is 7.39. The first-order valence-corrected chi connectivity index (χ1v) is 5.58. The minimum Gasteiger partial charge on any atom is -0.391 e. The monoisotopic (exact) mass is 217 g/mol. The van der Waals surface area contributed by atoms with Gasteiger partial charge in [0, 0.05) is 19.6 Å². The third-order valence-corrected chi connectivity index (χ3v) is 1.96. The Morgan fingerprint density at radius 1 is 1.47 bits per heavy atom. The fourth-order valence-corrected chi connectivity index (χ4v) is 1.26. The van der Waals surface area contributed by atoms with Gasteiger partial charge in [-0.2, -0.15) is 0 Å². The quantitative estimate of drug-likeness (QED) is 0.595. The van der Waals surface area contributed by atoms with Crippen LogP contribution in [-0.4, -0.2) is 36.9 Å². The third kappa shape index (κ3) is 9.69. The normalized spacial score (nSPS) is 12.9. The van der Waals surface area contributed by atoms with Crippen LogP contribution in [0.2, 0.25) is 0 Å². The number of aliphatic hydroxyl groups excluding tert-OH is 1. The molecule has 0 aliphatic rings. The molecule has 0 heterocycles. The van der Waals surface area contributed by atoms with E-state index in [2.05, 4.69) is 5.32 Å². The van der Waals surface area contributed by atoms with Gasteiger partial charge in [0.2, 0.25) is 5.91 Å². The van der Waals surface area contributed by atoms with E-state index >= 15 is 0 Å². The molecule has 0 saturated carbocycles. The van der Waals surface area contributed by atoms with Crippen LogP contribution in [0.15, 0.2) is 0 Å². The molecule has 15 heavy (non-hydrogen) atoms. The molecule has 0 aromatic carbocycles. The van der Waals surface area contributed by atoms with Gasteiger partial charge in [-0.1, -0.05) is 13.8 Å². The number of amides is 1. The number of aliphatic hydroxyl groups is 1. The summed E-state index contributed by atoms with van der Waals surface area (Å²) in [7, 11) is 0. The fourth-order valence-electron chi connectivity index (χ4n) is 1.26. The molecular weight excluding hydrogens is 194 g/mol. The first-order chi connectivity index (χ1) is 7.06. The molecule has 0 fully saturated rings. The van der Waals surface area contributed by atoms with Crippen molar-refractivity contribution in [3.05, 3.63) is 0 Å². The lowest BCUT2D eigenvalue weighted by molar-refractivity contribution is -0.122. The van der Waals surface area contributed by atoms with Crippen LogP contribution in [-0.2, 0) is 9.53 Å². The minimum atomic E-state index is -0.443. The Balaban J connectivity index is 3.44. The number of hydrogen-bond donors (Lipinski definition) is 2. The van der Waals surface area contributed by atoms with Gasteiger partial charge in [-0.3, -0.25) is 4.79 Å². The highest BCUT2D eigenvalue weighted by atomic mass is 16.5. The summed E-state index contributed by atoms with van der Waals surface area (Å²) in [5.74, 6) is 0.381. The van der Waals surface area contributed by atoms with Gasteiger partial charge in [-0.15, -0.1) is 0 Å². The zero-order valence-electron chi connectivity index (χ0n) is 9.95. The predicted octanol–water partition coefficient (Wildman–Crippen LogP) is 0.936. The maximum absolute atomic E-state index is 11.2. The average molecular weight is 217 g/mol. The van der Waals surface area contributed by atoms with Crippen LogP contribution in [0.25, 0.3) is 0 Å². The number of nitrogens with one attached hydrogen (secondary N) is 1. The fraction of sp³-hybridized carbons (Fsp3) is 0.909. The molecule has 0 spiro atoms. The van der Waals surface area contributed by atoms with Gasteiger partial charge in [0.05, 0.1) is 12.7 Å². The van der Waals surface area contributed by atoms with Crippen molar-refractivity contribution in [3.63, 3.8) is 0 Å². The number of hydrogen-bond acceptors (Lipinski definition) is 3. The van der Waals surface area contributed by atoms with Gasteiger partial charge in [-0.25, -0.2) is 0 Å². The van der Waals surface area contributed by atoms with Gasteiger partial charge in [0.1, 0.15) is 0 Å². The topological polar surface area (TPSA) is 58.6 Å². The Hall–Kier alpha value is -0.610. The van der Waals surface area contributed by atoms with E-state index in [0.29, 0.717) is 38.5 Å². The molecule has 1 unspecified atom stereocenters. The molecule has 90 valence electrons. The van der Waals surface area contributed by atoms with Crippen LogP contribution in [0.1, 0.15) is 33.6 Å². The maximum atomic E-state index is 11.2. The lowest BCUT2D eigenvalue weighted by Gasteiger charge is -2.13. The molecule has 4 nitrogen and oxygen atoms in total. The summed E-state index contributed by atoms with van der Waals surface area (Å²) in [5.41, 5.74) is 0. The van der Waals surface area contributed by atoms with Crippen molar-refractivity contribution in [2.75, 3.05) is 19.8 Å². The molecule has 1 amide bonds. The van der Waals surface area contributed by atoms with Crippen LogP contribution < -0.4 is 5.32 Å².